The van der Waals surface area contributed by atoms with Crippen molar-refractivity contribution in [1.82, 2.24) is 9.97 Å². The van der Waals surface area contributed by atoms with E-state index < -0.39 is 5.78 Å². The number of nitrogens with one attached hydrogen (secondary N) is 1. The van der Waals surface area contributed by atoms with Gasteiger partial charge in [-0.25, -0.2) is 4.98 Å². The third kappa shape index (κ3) is 4.03. The van der Waals surface area contributed by atoms with Gasteiger partial charge in [-0.1, -0.05) is 17.3 Å². The number of hydrogen-bond acceptors (Lipinski definition) is 7. The van der Waals surface area contributed by atoms with E-state index in [9.17, 15) is 9.59 Å². The third-order valence-corrected chi connectivity index (χ3v) is 4.14. The summed E-state index contributed by atoms with van der Waals surface area (Å²) in [4.78, 5) is 33.1. The summed E-state index contributed by atoms with van der Waals surface area (Å²) in [6, 6.07) is 6.54. The minimum Gasteiger partial charge on any atom is -0.463 e. The van der Waals surface area contributed by atoms with Crippen LogP contribution in [0.25, 0.3) is 11.5 Å². The van der Waals surface area contributed by atoms with E-state index in [1.165, 1.54) is 25.8 Å². The van der Waals surface area contributed by atoms with E-state index in [4.69, 9.17) is 9.15 Å². The standard InChI is InChI=1S/C18H13N3O4S/c1-24-10-2-4-13(22)16-15(14-5-3-11-25-14)20-18(26-16)21-17(23)12-6-8-19-9-7-12/h3,5-9,11H,10H2,1H3,(H,20,21,23). The number of carbonyl (C=O) groups is 2. The van der Waals surface area contributed by atoms with E-state index in [0.717, 1.165) is 11.3 Å². The molecule has 0 aromatic carbocycles. The molecule has 0 bridgehead atoms. The highest BCUT2D eigenvalue weighted by Gasteiger charge is 2.21. The lowest BCUT2D eigenvalue weighted by Gasteiger charge is -2.00. The molecule has 0 unspecified atom stereocenters. The molecule has 3 heterocycles. The SMILES string of the molecule is COCC#CC(=O)c1sc(NC(=O)c2ccncc2)nc1-c1ccco1. The first-order valence-electron chi connectivity index (χ1n) is 7.47. The number of ether oxygens (including phenoxy) is 1. The molecule has 0 aliphatic rings. The first-order valence-corrected chi connectivity index (χ1v) is 8.29. The van der Waals surface area contributed by atoms with Crippen molar-refractivity contribution in [3.63, 3.8) is 0 Å². The van der Waals surface area contributed by atoms with Crippen LogP contribution in [0.4, 0.5) is 5.13 Å². The Labute approximate surface area is 153 Å². The van der Waals surface area contributed by atoms with Gasteiger partial charge >= 0.3 is 0 Å². The Morgan fingerprint density at radius 1 is 1.31 bits per heavy atom. The molecule has 0 atom stereocenters. The van der Waals surface area contributed by atoms with Crippen LogP contribution in [0.15, 0.2) is 47.3 Å². The van der Waals surface area contributed by atoms with Crippen molar-refractivity contribution >= 4 is 28.2 Å². The lowest BCUT2D eigenvalue weighted by Crippen LogP contribution is -2.11. The summed E-state index contributed by atoms with van der Waals surface area (Å²) in [6.07, 6.45) is 4.52. The largest absolute Gasteiger partial charge is 0.463 e. The first kappa shape index (κ1) is 17.5. The van der Waals surface area contributed by atoms with Crippen LogP contribution in [-0.2, 0) is 4.74 Å². The fraction of sp³-hybridized carbons (Fsp3) is 0.111. The molecule has 130 valence electrons. The van der Waals surface area contributed by atoms with E-state index in [-0.39, 0.29) is 22.5 Å². The van der Waals surface area contributed by atoms with Gasteiger partial charge in [0.1, 0.15) is 17.2 Å². The van der Waals surface area contributed by atoms with E-state index in [1.807, 2.05) is 0 Å². The third-order valence-electron chi connectivity index (χ3n) is 3.17. The van der Waals surface area contributed by atoms with Crippen LogP contribution >= 0.6 is 11.3 Å². The number of pyridine rings is 1. The van der Waals surface area contributed by atoms with Crippen molar-refractivity contribution in [1.29, 1.82) is 0 Å². The van der Waals surface area contributed by atoms with E-state index >= 15 is 0 Å². The predicted molar refractivity (Wildman–Crippen MR) is 96.0 cm³/mol. The highest BCUT2D eigenvalue weighted by molar-refractivity contribution is 7.18. The van der Waals surface area contributed by atoms with Gasteiger partial charge in [0.05, 0.1) is 6.26 Å². The number of hydrogen-bond donors (Lipinski definition) is 1. The second kappa shape index (κ2) is 8.20. The average molecular weight is 367 g/mol. The normalized spacial score (nSPS) is 10.0. The van der Waals surface area contributed by atoms with Crippen molar-refractivity contribution in [2.75, 3.05) is 19.0 Å². The van der Waals surface area contributed by atoms with Crippen molar-refractivity contribution < 1.29 is 18.7 Å². The zero-order valence-corrected chi connectivity index (χ0v) is 14.5. The number of rotatable bonds is 5. The zero-order chi connectivity index (χ0) is 18.4. The van der Waals surface area contributed by atoms with Crippen LogP contribution in [0.1, 0.15) is 20.0 Å². The molecule has 7 nitrogen and oxygen atoms in total. The molecule has 0 saturated heterocycles. The Hall–Kier alpha value is -3.28. The number of ketones is 1. The van der Waals surface area contributed by atoms with E-state index in [0.29, 0.717) is 17.0 Å². The van der Waals surface area contributed by atoms with Crippen LogP contribution in [0.3, 0.4) is 0 Å². The van der Waals surface area contributed by atoms with Gasteiger partial charge in [0, 0.05) is 25.1 Å². The Bertz CT molecular complexity index is 969. The summed E-state index contributed by atoms with van der Waals surface area (Å²) in [5.74, 6) is 4.76. The van der Waals surface area contributed by atoms with Gasteiger partial charge in [-0.15, -0.1) is 0 Å². The van der Waals surface area contributed by atoms with Crippen molar-refractivity contribution in [3.8, 4) is 23.3 Å². The van der Waals surface area contributed by atoms with Crippen LogP contribution in [-0.4, -0.2) is 35.4 Å². The molecule has 0 radical (unpaired) electrons. The van der Waals surface area contributed by atoms with Crippen molar-refractivity contribution in [2.24, 2.45) is 0 Å². The molecule has 26 heavy (non-hydrogen) atoms. The maximum absolute atomic E-state index is 12.4. The number of furan rings is 1. The fourth-order valence-corrected chi connectivity index (χ4v) is 2.89. The quantitative estimate of drug-likeness (QED) is 0.423. The van der Waals surface area contributed by atoms with Crippen LogP contribution in [0, 0.1) is 11.8 Å². The number of aromatic nitrogens is 2. The predicted octanol–water partition coefficient (Wildman–Crippen LogP) is 2.88. The van der Waals surface area contributed by atoms with Gasteiger partial charge in [-0.3, -0.25) is 19.9 Å². The lowest BCUT2D eigenvalue weighted by molar-refractivity contribution is 0.102. The molecule has 3 aromatic heterocycles. The van der Waals surface area contributed by atoms with Crippen molar-refractivity contribution in [2.45, 2.75) is 0 Å². The molecule has 1 N–H and O–H groups in total. The van der Waals surface area contributed by atoms with Gasteiger partial charge in [-0.05, 0) is 30.2 Å². The summed E-state index contributed by atoms with van der Waals surface area (Å²) < 4.78 is 10.2. The topological polar surface area (TPSA) is 94.3 Å². The van der Waals surface area contributed by atoms with Crippen LogP contribution < -0.4 is 5.32 Å². The number of anilines is 1. The van der Waals surface area contributed by atoms with Gasteiger partial charge in [0.25, 0.3) is 5.91 Å². The molecule has 0 spiro atoms. The smallest absolute Gasteiger partial charge is 0.257 e. The molecule has 0 fully saturated rings. The number of thiazole rings is 1. The monoisotopic (exact) mass is 367 g/mol. The summed E-state index contributed by atoms with van der Waals surface area (Å²) in [6.45, 7) is 0.145. The van der Waals surface area contributed by atoms with Crippen molar-refractivity contribution in [3.05, 3.63) is 53.4 Å². The van der Waals surface area contributed by atoms with Gasteiger partial charge < -0.3 is 9.15 Å². The fourth-order valence-electron chi connectivity index (χ4n) is 2.03. The van der Waals surface area contributed by atoms with Crippen LogP contribution in [0.2, 0.25) is 0 Å². The highest BCUT2D eigenvalue weighted by Crippen LogP contribution is 2.32. The molecule has 1 amide bonds. The summed E-state index contributed by atoms with van der Waals surface area (Å²) in [5.41, 5.74) is 0.768. The Morgan fingerprint density at radius 2 is 2.12 bits per heavy atom. The molecule has 3 aromatic rings. The average Bonchev–Trinajstić information content (AvgIpc) is 3.32. The maximum Gasteiger partial charge on any atom is 0.257 e. The van der Waals surface area contributed by atoms with Gasteiger partial charge in [-0.2, -0.15) is 0 Å². The summed E-state index contributed by atoms with van der Waals surface area (Å²) in [7, 11) is 1.49. The number of nitrogens with zero attached hydrogens (tertiary/aromatic N) is 2. The van der Waals surface area contributed by atoms with Crippen LogP contribution in [0.5, 0.6) is 0 Å². The minimum absolute atomic E-state index is 0.145. The first-order chi connectivity index (χ1) is 12.7. The molecular weight excluding hydrogens is 354 g/mol. The lowest BCUT2D eigenvalue weighted by atomic mass is 10.2. The molecule has 0 aliphatic heterocycles. The number of methoxy groups -OCH3 is 1. The number of Topliss-reactive ketones (excluding diaryl/α,β-unsaturated/α-hetero) is 1. The van der Waals surface area contributed by atoms with Gasteiger partial charge in [0.2, 0.25) is 5.78 Å². The second-order valence-electron chi connectivity index (χ2n) is 4.93. The zero-order valence-electron chi connectivity index (χ0n) is 13.7. The Kier molecular flexibility index (Phi) is 5.53. The Morgan fingerprint density at radius 3 is 2.81 bits per heavy atom. The second-order valence-corrected chi connectivity index (χ2v) is 5.93. The molecular formula is C18H13N3O4S. The number of carbonyl (C=O) groups excluding carboxylic acids is 2. The van der Waals surface area contributed by atoms with Gasteiger partial charge in [0.15, 0.2) is 10.9 Å². The maximum atomic E-state index is 12.4. The summed E-state index contributed by atoms with van der Waals surface area (Å²) in [5, 5.41) is 2.95. The van der Waals surface area contributed by atoms with E-state index in [1.54, 1.807) is 24.3 Å². The molecule has 0 saturated carbocycles. The molecule has 0 aliphatic carbocycles. The molecule has 3 rings (SSSR count). The molecule has 8 heteroatoms. The Balaban J connectivity index is 1.90. The number of amides is 1. The minimum atomic E-state index is -0.421. The van der Waals surface area contributed by atoms with E-state index in [2.05, 4.69) is 27.1 Å². The highest BCUT2D eigenvalue weighted by atomic mass is 32.1. The summed E-state index contributed by atoms with van der Waals surface area (Å²) >= 11 is 1.04.